The van der Waals surface area contributed by atoms with Crippen molar-refractivity contribution >= 4 is 29.3 Å². The number of hydrogen-bond acceptors (Lipinski definition) is 7. The van der Waals surface area contributed by atoms with Crippen molar-refractivity contribution in [1.29, 1.82) is 0 Å². The molecule has 0 aromatic carbocycles. The highest BCUT2D eigenvalue weighted by Crippen LogP contribution is 2.67. The Hall–Kier alpha value is -1.22. The number of ketones is 2. The molecule has 0 aromatic heterocycles. The van der Waals surface area contributed by atoms with Gasteiger partial charge in [0.25, 0.3) is 0 Å². The minimum absolute atomic E-state index is 0.0215. The van der Waals surface area contributed by atoms with Crippen LogP contribution in [-0.4, -0.2) is 60.9 Å². The standard InChI is InChI=1S/C26H38O7S/c1-23(2,22(31)32)13-34-21(30)20(29)26(33)10-8-17-16-6-5-14-11-15(27)7-9-24(14,3)19(16)18(28)12-25(17,26)4/h11,16-19,21,28,30,33H,5-10,12-13H2,1-4H3,(H,31,32)/t16?,17?,18-,19?,21?,24-,25-,26-/m0/s1. The summed E-state index contributed by atoms with van der Waals surface area (Å²) in [6.45, 7) is 7.09. The number of carbonyl (C=O) groups is 3. The van der Waals surface area contributed by atoms with E-state index in [1.807, 2.05) is 6.92 Å². The molecule has 8 heteroatoms. The number of rotatable bonds is 6. The summed E-state index contributed by atoms with van der Waals surface area (Å²) in [5.74, 6) is -1.38. The Morgan fingerprint density at radius 3 is 2.53 bits per heavy atom. The van der Waals surface area contributed by atoms with Gasteiger partial charge in [-0.05, 0) is 81.6 Å². The minimum atomic E-state index is -1.77. The highest BCUT2D eigenvalue weighted by molar-refractivity contribution is 8.00. The molecule has 8 atom stereocenters. The lowest BCUT2D eigenvalue weighted by atomic mass is 9.45. The Morgan fingerprint density at radius 1 is 1.21 bits per heavy atom. The van der Waals surface area contributed by atoms with Crippen LogP contribution in [0.15, 0.2) is 11.6 Å². The summed E-state index contributed by atoms with van der Waals surface area (Å²) in [6, 6.07) is 0. The van der Waals surface area contributed by atoms with Crippen molar-refractivity contribution in [3.05, 3.63) is 11.6 Å². The lowest BCUT2D eigenvalue weighted by molar-refractivity contribution is -0.183. The fraction of sp³-hybridized carbons (Fsp3) is 0.808. The van der Waals surface area contributed by atoms with Crippen molar-refractivity contribution in [1.82, 2.24) is 0 Å². The van der Waals surface area contributed by atoms with E-state index in [1.165, 1.54) is 13.8 Å². The molecule has 4 unspecified atom stereocenters. The van der Waals surface area contributed by atoms with E-state index in [2.05, 4.69) is 6.92 Å². The first-order valence-electron chi connectivity index (χ1n) is 12.4. The number of hydrogen-bond donors (Lipinski definition) is 4. The Bertz CT molecular complexity index is 928. The molecule has 0 heterocycles. The topological polar surface area (TPSA) is 132 Å². The maximum atomic E-state index is 13.4. The quantitative estimate of drug-likeness (QED) is 0.415. The highest BCUT2D eigenvalue weighted by Gasteiger charge is 2.68. The molecule has 34 heavy (non-hydrogen) atoms. The number of carboxylic acids is 1. The molecule has 0 aliphatic heterocycles. The van der Waals surface area contributed by atoms with Crippen molar-refractivity contribution < 1.29 is 34.8 Å². The maximum absolute atomic E-state index is 13.4. The third kappa shape index (κ3) is 3.71. The van der Waals surface area contributed by atoms with Gasteiger partial charge in [-0.25, -0.2) is 0 Å². The van der Waals surface area contributed by atoms with Crippen LogP contribution in [0, 0.1) is 34.0 Å². The number of aliphatic hydroxyl groups excluding tert-OH is 2. The Labute approximate surface area is 205 Å². The second-order valence-corrected chi connectivity index (χ2v) is 13.3. The van der Waals surface area contributed by atoms with Gasteiger partial charge in [0.2, 0.25) is 5.78 Å². The van der Waals surface area contributed by atoms with E-state index in [0.29, 0.717) is 12.8 Å². The van der Waals surface area contributed by atoms with Crippen LogP contribution in [0.2, 0.25) is 0 Å². The van der Waals surface area contributed by atoms with Crippen LogP contribution in [0.3, 0.4) is 0 Å². The van der Waals surface area contributed by atoms with Gasteiger partial charge < -0.3 is 20.4 Å². The van der Waals surface area contributed by atoms with Gasteiger partial charge in [0.1, 0.15) is 5.60 Å². The number of aliphatic carboxylic acids is 1. The number of allylic oxidation sites excluding steroid dienone is 1. The first-order chi connectivity index (χ1) is 15.7. The van der Waals surface area contributed by atoms with Gasteiger partial charge in [0.15, 0.2) is 11.2 Å². The minimum Gasteiger partial charge on any atom is -0.481 e. The SMILES string of the molecule is CC(C)(CSC(O)C(=O)[C@@]1(O)CCC2C3CCC4=CC(=O)CC[C@]4(C)C3[C@@H](O)C[C@@]21C)C(=O)O. The second-order valence-electron chi connectivity index (χ2n) is 12.2. The second kappa shape index (κ2) is 8.43. The number of carboxylic acid groups (broad SMARTS) is 1. The summed E-state index contributed by atoms with van der Waals surface area (Å²) in [5, 5.41) is 43.2. The average Bonchev–Trinajstić information content (AvgIpc) is 3.02. The summed E-state index contributed by atoms with van der Waals surface area (Å²) in [5.41, 5.74) is -4.42. The molecule has 4 rings (SSSR count). The van der Waals surface area contributed by atoms with Gasteiger partial charge in [0, 0.05) is 17.6 Å². The molecule has 190 valence electrons. The first-order valence-corrected chi connectivity index (χ1v) is 13.4. The zero-order valence-corrected chi connectivity index (χ0v) is 21.4. The van der Waals surface area contributed by atoms with Crippen LogP contribution < -0.4 is 0 Å². The summed E-state index contributed by atoms with van der Waals surface area (Å²) < 4.78 is 0. The van der Waals surface area contributed by atoms with Gasteiger partial charge >= 0.3 is 5.97 Å². The van der Waals surface area contributed by atoms with Crippen LogP contribution in [0.25, 0.3) is 0 Å². The van der Waals surface area contributed by atoms with Gasteiger partial charge in [-0.15, -0.1) is 11.8 Å². The Morgan fingerprint density at radius 2 is 1.88 bits per heavy atom. The van der Waals surface area contributed by atoms with E-state index in [9.17, 15) is 34.8 Å². The number of aliphatic hydroxyl groups is 3. The summed E-state index contributed by atoms with van der Waals surface area (Å²) >= 11 is 0.845. The van der Waals surface area contributed by atoms with Crippen molar-refractivity contribution in [3.8, 4) is 0 Å². The molecule has 3 saturated carbocycles. The fourth-order valence-electron chi connectivity index (χ4n) is 7.73. The van der Waals surface area contributed by atoms with Crippen molar-refractivity contribution in [2.45, 2.75) is 89.8 Å². The normalized spacial score (nSPS) is 42.8. The Kier molecular flexibility index (Phi) is 6.41. The predicted molar refractivity (Wildman–Crippen MR) is 128 cm³/mol. The van der Waals surface area contributed by atoms with Crippen LogP contribution in [0.1, 0.15) is 72.6 Å². The van der Waals surface area contributed by atoms with E-state index in [0.717, 1.165) is 36.6 Å². The van der Waals surface area contributed by atoms with E-state index < -0.39 is 39.7 Å². The molecule has 0 saturated heterocycles. The highest BCUT2D eigenvalue weighted by atomic mass is 32.2. The van der Waals surface area contributed by atoms with Crippen LogP contribution in [0.4, 0.5) is 0 Å². The van der Waals surface area contributed by atoms with Crippen molar-refractivity contribution in [2.75, 3.05) is 5.75 Å². The monoisotopic (exact) mass is 494 g/mol. The molecule has 0 radical (unpaired) electrons. The van der Waals surface area contributed by atoms with E-state index in [-0.39, 0.29) is 47.5 Å². The van der Waals surface area contributed by atoms with Crippen molar-refractivity contribution in [2.24, 2.45) is 34.0 Å². The van der Waals surface area contributed by atoms with Gasteiger partial charge in [-0.3, -0.25) is 14.4 Å². The molecule has 4 aliphatic rings. The van der Waals surface area contributed by atoms with Crippen molar-refractivity contribution in [3.63, 3.8) is 0 Å². The summed E-state index contributed by atoms with van der Waals surface area (Å²) in [6.07, 6.45) is 4.98. The third-order valence-electron chi connectivity index (χ3n) is 9.86. The average molecular weight is 495 g/mol. The number of carbonyl (C=O) groups excluding carboxylic acids is 2. The molecule has 4 aliphatic carbocycles. The summed E-state index contributed by atoms with van der Waals surface area (Å²) in [7, 11) is 0. The lowest BCUT2D eigenvalue weighted by Gasteiger charge is -2.60. The fourth-order valence-corrected chi connectivity index (χ4v) is 8.77. The van der Waals surface area contributed by atoms with Crippen LogP contribution >= 0.6 is 11.8 Å². The molecule has 4 N–H and O–H groups in total. The smallest absolute Gasteiger partial charge is 0.309 e. The van der Waals surface area contributed by atoms with E-state index in [4.69, 9.17) is 0 Å². The van der Waals surface area contributed by atoms with E-state index >= 15 is 0 Å². The molecule has 0 aromatic rings. The molecular formula is C26H38O7S. The molecule has 0 bridgehead atoms. The Balaban J connectivity index is 1.58. The maximum Gasteiger partial charge on any atom is 0.309 e. The molecule has 7 nitrogen and oxygen atoms in total. The van der Waals surface area contributed by atoms with Gasteiger partial charge in [0.05, 0.1) is 11.5 Å². The largest absolute Gasteiger partial charge is 0.481 e. The molecule has 3 fully saturated rings. The summed E-state index contributed by atoms with van der Waals surface area (Å²) in [4.78, 5) is 36.9. The number of thioether (sulfide) groups is 1. The van der Waals surface area contributed by atoms with Gasteiger partial charge in [-0.2, -0.15) is 0 Å². The number of Topliss-reactive ketones (excluding diaryl/α,β-unsaturated/α-hetero) is 1. The lowest BCUT2D eigenvalue weighted by Crippen LogP contribution is -2.62. The van der Waals surface area contributed by atoms with E-state index in [1.54, 1.807) is 6.08 Å². The number of fused-ring (bicyclic) bond motifs is 5. The molecule has 0 amide bonds. The predicted octanol–water partition coefficient (Wildman–Crippen LogP) is 2.95. The van der Waals surface area contributed by atoms with Gasteiger partial charge in [-0.1, -0.05) is 19.4 Å². The third-order valence-corrected chi connectivity index (χ3v) is 11.3. The molecular weight excluding hydrogens is 456 g/mol. The van der Waals surface area contributed by atoms with Crippen LogP contribution in [0.5, 0.6) is 0 Å². The zero-order chi connectivity index (χ0) is 25.3. The molecule has 0 spiro atoms. The van der Waals surface area contributed by atoms with Crippen LogP contribution in [-0.2, 0) is 14.4 Å². The zero-order valence-electron chi connectivity index (χ0n) is 20.5. The first kappa shape index (κ1) is 25.9.